The van der Waals surface area contributed by atoms with Crippen LogP contribution in [0.4, 0.5) is 37.7 Å². The summed E-state index contributed by atoms with van der Waals surface area (Å²) in [7, 11) is 0. The minimum atomic E-state index is -4.74. The molecule has 4 nitrogen and oxygen atoms in total. The highest BCUT2D eigenvalue weighted by Crippen LogP contribution is 2.34. The lowest BCUT2D eigenvalue weighted by atomic mass is 10.1. The average Bonchev–Trinajstić information content (AvgIpc) is 2.54. The Labute approximate surface area is 142 Å². The SMILES string of the molecule is O=C(Nc1ccc(C(F)(F)F)cc1)C(=O)Nc1ccccc1C(F)(F)F. The highest BCUT2D eigenvalue weighted by atomic mass is 19.4. The minimum Gasteiger partial charge on any atom is -0.318 e. The average molecular weight is 376 g/mol. The number of hydrogen-bond acceptors (Lipinski definition) is 2. The molecule has 0 aromatic heterocycles. The number of carbonyl (C=O) groups excluding carboxylic acids is 2. The number of carbonyl (C=O) groups is 2. The monoisotopic (exact) mass is 376 g/mol. The Hall–Kier alpha value is -3.04. The summed E-state index contributed by atoms with van der Waals surface area (Å²) in [6.07, 6.45) is -9.31. The molecular formula is C16H10F6N2O2. The van der Waals surface area contributed by atoms with E-state index in [4.69, 9.17) is 0 Å². The number of rotatable bonds is 2. The van der Waals surface area contributed by atoms with Crippen LogP contribution in [-0.4, -0.2) is 11.8 Å². The molecule has 0 unspecified atom stereocenters. The summed E-state index contributed by atoms with van der Waals surface area (Å²) in [6, 6.07) is 7.24. The van der Waals surface area contributed by atoms with Crippen molar-refractivity contribution in [1.29, 1.82) is 0 Å². The smallest absolute Gasteiger partial charge is 0.318 e. The Kier molecular flexibility index (Phi) is 5.24. The van der Waals surface area contributed by atoms with Gasteiger partial charge in [-0.25, -0.2) is 0 Å². The first-order valence-electron chi connectivity index (χ1n) is 6.94. The Morgan fingerprint density at radius 2 is 1.23 bits per heavy atom. The van der Waals surface area contributed by atoms with Gasteiger partial charge in [0.2, 0.25) is 0 Å². The quantitative estimate of drug-likeness (QED) is 0.607. The van der Waals surface area contributed by atoms with Crippen molar-refractivity contribution in [2.75, 3.05) is 10.6 Å². The standard InChI is InChI=1S/C16H10F6N2O2/c17-15(18,19)9-5-7-10(8-6-9)23-13(25)14(26)24-12-4-2-1-3-11(12)16(20,21)22/h1-8H,(H,23,25)(H,24,26). The molecular weight excluding hydrogens is 366 g/mol. The highest BCUT2D eigenvalue weighted by molar-refractivity contribution is 6.43. The van der Waals surface area contributed by atoms with Crippen LogP contribution in [0.2, 0.25) is 0 Å². The van der Waals surface area contributed by atoms with Crippen molar-refractivity contribution in [3.63, 3.8) is 0 Å². The first-order valence-corrected chi connectivity index (χ1v) is 6.94. The van der Waals surface area contributed by atoms with E-state index in [-0.39, 0.29) is 5.69 Å². The maximum atomic E-state index is 12.8. The lowest BCUT2D eigenvalue weighted by Crippen LogP contribution is -2.30. The van der Waals surface area contributed by atoms with Crippen molar-refractivity contribution in [1.82, 2.24) is 0 Å². The van der Waals surface area contributed by atoms with Gasteiger partial charge in [-0.1, -0.05) is 12.1 Å². The van der Waals surface area contributed by atoms with Gasteiger partial charge in [0.15, 0.2) is 0 Å². The summed E-state index contributed by atoms with van der Waals surface area (Å²) < 4.78 is 75.8. The van der Waals surface area contributed by atoms with Crippen LogP contribution < -0.4 is 10.6 Å². The van der Waals surface area contributed by atoms with Gasteiger partial charge < -0.3 is 10.6 Å². The van der Waals surface area contributed by atoms with Crippen LogP contribution in [0.1, 0.15) is 11.1 Å². The van der Waals surface area contributed by atoms with E-state index in [2.05, 4.69) is 0 Å². The van der Waals surface area contributed by atoms with Crippen LogP contribution in [0.15, 0.2) is 48.5 Å². The largest absolute Gasteiger partial charge is 0.418 e. The molecule has 2 N–H and O–H groups in total. The zero-order valence-electron chi connectivity index (χ0n) is 12.7. The third-order valence-electron chi connectivity index (χ3n) is 3.16. The summed E-state index contributed by atoms with van der Waals surface area (Å²) in [6.45, 7) is 0. The Bertz CT molecular complexity index is 813. The van der Waals surface area contributed by atoms with Crippen molar-refractivity contribution in [3.8, 4) is 0 Å². The maximum Gasteiger partial charge on any atom is 0.418 e. The third kappa shape index (κ3) is 4.74. The summed E-state index contributed by atoms with van der Waals surface area (Å²) in [5.41, 5.74) is -2.84. The highest BCUT2D eigenvalue weighted by Gasteiger charge is 2.34. The number of nitrogens with one attached hydrogen (secondary N) is 2. The molecule has 0 spiro atoms. The van der Waals surface area contributed by atoms with E-state index in [0.29, 0.717) is 12.1 Å². The van der Waals surface area contributed by atoms with Gasteiger partial charge in [0, 0.05) is 5.69 Å². The number of alkyl halides is 6. The normalized spacial score (nSPS) is 11.8. The molecule has 0 radical (unpaired) electrons. The fourth-order valence-electron chi connectivity index (χ4n) is 1.95. The Balaban J connectivity index is 2.08. The molecule has 2 aromatic carbocycles. The molecule has 0 bridgehead atoms. The molecule has 0 aliphatic rings. The summed E-state index contributed by atoms with van der Waals surface area (Å²) in [5, 5.41) is 3.82. The molecule has 2 aromatic rings. The Morgan fingerprint density at radius 1 is 0.692 bits per heavy atom. The molecule has 0 saturated carbocycles. The van der Waals surface area contributed by atoms with Crippen LogP contribution in [0.25, 0.3) is 0 Å². The summed E-state index contributed by atoms with van der Waals surface area (Å²) in [5.74, 6) is -2.73. The van der Waals surface area contributed by atoms with Gasteiger partial charge in [-0.15, -0.1) is 0 Å². The fraction of sp³-hybridized carbons (Fsp3) is 0.125. The van der Waals surface area contributed by atoms with Crippen molar-refractivity contribution in [3.05, 3.63) is 59.7 Å². The molecule has 0 heterocycles. The fourth-order valence-corrected chi connectivity index (χ4v) is 1.95. The van der Waals surface area contributed by atoms with E-state index in [0.717, 1.165) is 30.3 Å². The minimum absolute atomic E-state index is 0.123. The lowest BCUT2D eigenvalue weighted by molar-refractivity contribution is -0.138. The third-order valence-corrected chi connectivity index (χ3v) is 3.16. The number of halogens is 6. The van der Waals surface area contributed by atoms with Crippen molar-refractivity contribution in [2.24, 2.45) is 0 Å². The van der Waals surface area contributed by atoms with E-state index in [1.807, 2.05) is 10.6 Å². The first kappa shape index (κ1) is 19.3. The van der Waals surface area contributed by atoms with Gasteiger partial charge in [0.1, 0.15) is 0 Å². The number of para-hydroxylation sites is 1. The molecule has 2 rings (SSSR count). The first-order chi connectivity index (χ1) is 12.0. The second kappa shape index (κ2) is 7.06. The molecule has 2 amide bonds. The summed E-state index contributed by atoms with van der Waals surface area (Å²) >= 11 is 0. The molecule has 10 heteroatoms. The molecule has 138 valence electrons. The van der Waals surface area contributed by atoms with E-state index in [1.54, 1.807) is 0 Å². The van der Waals surface area contributed by atoms with Gasteiger partial charge in [-0.05, 0) is 36.4 Å². The molecule has 26 heavy (non-hydrogen) atoms. The van der Waals surface area contributed by atoms with Crippen molar-refractivity contribution >= 4 is 23.2 Å². The predicted octanol–water partition coefficient (Wildman–Crippen LogP) is 4.30. The topological polar surface area (TPSA) is 58.2 Å². The molecule has 0 aliphatic heterocycles. The van der Waals surface area contributed by atoms with E-state index in [1.165, 1.54) is 6.07 Å². The van der Waals surface area contributed by atoms with E-state index in [9.17, 15) is 35.9 Å². The van der Waals surface area contributed by atoms with Gasteiger partial charge in [-0.3, -0.25) is 9.59 Å². The van der Waals surface area contributed by atoms with Gasteiger partial charge in [0.05, 0.1) is 16.8 Å². The second-order valence-corrected chi connectivity index (χ2v) is 5.03. The van der Waals surface area contributed by atoms with Crippen molar-refractivity contribution in [2.45, 2.75) is 12.4 Å². The van der Waals surface area contributed by atoms with E-state index < -0.39 is 41.0 Å². The van der Waals surface area contributed by atoms with Crippen LogP contribution in [0.5, 0.6) is 0 Å². The number of anilines is 2. The van der Waals surface area contributed by atoms with E-state index >= 15 is 0 Å². The van der Waals surface area contributed by atoms with Crippen LogP contribution >= 0.6 is 0 Å². The van der Waals surface area contributed by atoms with Crippen LogP contribution in [0.3, 0.4) is 0 Å². The molecule has 0 fully saturated rings. The zero-order chi connectivity index (χ0) is 19.5. The number of benzene rings is 2. The van der Waals surface area contributed by atoms with Gasteiger partial charge >= 0.3 is 24.2 Å². The lowest BCUT2D eigenvalue weighted by Gasteiger charge is -2.13. The molecule has 0 aliphatic carbocycles. The number of amides is 2. The van der Waals surface area contributed by atoms with Gasteiger partial charge in [-0.2, -0.15) is 26.3 Å². The second-order valence-electron chi connectivity index (χ2n) is 5.03. The predicted molar refractivity (Wildman–Crippen MR) is 80.1 cm³/mol. The maximum absolute atomic E-state index is 12.8. The molecule has 0 saturated heterocycles. The summed E-state index contributed by atoms with van der Waals surface area (Å²) in [4.78, 5) is 23.5. The van der Waals surface area contributed by atoms with Crippen LogP contribution in [-0.2, 0) is 21.9 Å². The molecule has 0 atom stereocenters. The van der Waals surface area contributed by atoms with Crippen molar-refractivity contribution < 1.29 is 35.9 Å². The van der Waals surface area contributed by atoms with Crippen LogP contribution in [0, 0.1) is 0 Å². The van der Waals surface area contributed by atoms with Gasteiger partial charge in [0.25, 0.3) is 0 Å². The Morgan fingerprint density at radius 3 is 1.77 bits per heavy atom. The number of hydrogen-bond donors (Lipinski definition) is 2. The zero-order valence-corrected chi connectivity index (χ0v) is 12.7.